The van der Waals surface area contributed by atoms with E-state index < -0.39 is 31.4 Å². The van der Waals surface area contributed by atoms with Crippen LogP contribution in [0.15, 0.2) is 0 Å². The minimum Gasteiger partial charge on any atom is -0.309 e. The first-order chi connectivity index (χ1) is 8.41. The van der Waals surface area contributed by atoms with E-state index in [1.54, 1.807) is 13.8 Å². The molecule has 1 fully saturated rings. The molecule has 1 aliphatic rings. The van der Waals surface area contributed by atoms with E-state index in [1.165, 1.54) is 0 Å². The average molecular weight is 278 g/mol. The first kappa shape index (κ1) is 14.8. The first-order valence-electron chi connectivity index (χ1n) is 5.45. The van der Waals surface area contributed by atoms with Crippen LogP contribution in [0, 0.1) is 5.92 Å². The number of hydrogen-bond donors (Lipinski definition) is 2. The van der Waals surface area contributed by atoms with Gasteiger partial charge in [-0.3, -0.25) is 24.8 Å². The molecule has 0 atom stereocenters. The molecule has 0 aliphatic carbocycles. The molecule has 0 radical (unpaired) electrons. The number of carbonyl (C=O) groups is 3. The van der Waals surface area contributed by atoms with Gasteiger partial charge in [0.2, 0.25) is 11.8 Å². The Hall–Kier alpha value is -1.24. The van der Waals surface area contributed by atoms with Crippen molar-refractivity contribution in [2.45, 2.75) is 13.8 Å². The number of imide groups is 2. The molecule has 2 N–H and O–H groups in total. The molecule has 1 saturated heterocycles. The van der Waals surface area contributed by atoms with Crippen molar-refractivity contribution in [3.8, 4) is 0 Å². The first-order valence-corrected chi connectivity index (χ1v) is 7.18. The number of nitrogens with one attached hydrogen (secondary N) is 2. The summed E-state index contributed by atoms with van der Waals surface area (Å²) in [6, 6.07) is -0.885. The molecule has 0 aromatic rings. The highest BCUT2D eigenvalue weighted by Crippen LogP contribution is 2.49. The molecule has 0 bridgehead atoms. The summed E-state index contributed by atoms with van der Waals surface area (Å²) in [6.07, 6.45) is -0.389. The molecule has 1 rings (SSSR count). The minimum absolute atomic E-state index is 0.131. The van der Waals surface area contributed by atoms with Crippen LogP contribution in [0.25, 0.3) is 0 Å². The molecule has 1 heterocycles. The molecule has 1 aliphatic heterocycles. The molecule has 18 heavy (non-hydrogen) atoms. The van der Waals surface area contributed by atoms with Gasteiger partial charge in [-0.1, -0.05) is 0 Å². The molecular weight excluding hydrogens is 263 g/mol. The zero-order valence-electron chi connectivity index (χ0n) is 10.1. The summed E-state index contributed by atoms with van der Waals surface area (Å²) >= 11 is 0. The molecule has 8 nitrogen and oxygen atoms in total. The predicted octanol–water partition coefficient (Wildman–Crippen LogP) is 0.235. The third-order valence-corrected chi connectivity index (χ3v) is 4.28. The van der Waals surface area contributed by atoms with Crippen LogP contribution in [0.1, 0.15) is 13.8 Å². The molecule has 102 valence electrons. The van der Waals surface area contributed by atoms with Gasteiger partial charge in [0.25, 0.3) is 0 Å². The fourth-order valence-electron chi connectivity index (χ4n) is 1.47. The van der Waals surface area contributed by atoms with Crippen LogP contribution in [0.5, 0.6) is 0 Å². The van der Waals surface area contributed by atoms with Crippen LogP contribution >= 0.6 is 7.60 Å². The predicted molar refractivity (Wildman–Crippen MR) is 60.9 cm³/mol. The highest BCUT2D eigenvalue weighted by Gasteiger charge is 2.40. The highest BCUT2D eigenvalue weighted by molar-refractivity contribution is 7.53. The zero-order valence-corrected chi connectivity index (χ0v) is 11.0. The maximum Gasteiger partial charge on any atom is 0.331 e. The van der Waals surface area contributed by atoms with Crippen molar-refractivity contribution in [2.75, 3.05) is 19.4 Å². The number of carbonyl (C=O) groups excluding carboxylic acids is 3. The van der Waals surface area contributed by atoms with E-state index in [0.717, 1.165) is 0 Å². The minimum atomic E-state index is -3.52. The third kappa shape index (κ3) is 3.63. The van der Waals surface area contributed by atoms with Gasteiger partial charge in [-0.2, -0.15) is 0 Å². The van der Waals surface area contributed by atoms with E-state index in [-0.39, 0.29) is 19.4 Å². The quantitative estimate of drug-likeness (QED) is 0.531. The van der Waals surface area contributed by atoms with Crippen LogP contribution in [-0.4, -0.2) is 37.2 Å². The van der Waals surface area contributed by atoms with E-state index in [9.17, 15) is 18.9 Å². The second-order valence-electron chi connectivity index (χ2n) is 3.49. The van der Waals surface area contributed by atoms with E-state index in [0.29, 0.717) is 0 Å². The van der Waals surface area contributed by atoms with Gasteiger partial charge >= 0.3 is 13.6 Å². The summed E-state index contributed by atoms with van der Waals surface area (Å²) in [5.41, 5.74) is 0. The van der Waals surface area contributed by atoms with Crippen molar-refractivity contribution in [3.05, 3.63) is 0 Å². The molecule has 0 saturated carbocycles. The van der Waals surface area contributed by atoms with E-state index in [1.807, 2.05) is 10.6 Å². The van der Waals surface area contributed by atoms with Gasteiger partial charge in [0, 0.05) is 0 Å². The van der Waals surface area contributed by atoms with Crippen molar-refractivity contribution >= 4 is 25.4 Å². The second kappa shape index (κ2) is 6.08. The number of barbiturate groups is 1. The molecule has 0 spiro atoms. The van der Waals surface area contributed by atoms with Crippen LogP contribution in [0.4, 0.5) is 4.79 Å². The van der Waals surface area contributed by atoms with E-state index in [4.69, 9.17) is 9.05 Å². The topological polar surface area (TPSA) is 111 Å². The number of urea groups is 1. The lowest BCUT2D eigenvalue weighted by atomic mass is 10.1. The largest absolute Gasteiger partial charge is 0.331 e. The Kier molecular flexibility index (Phi) is 5.01. The van der Waals surface area contributed by atoms with Crippen molar-refractivity contribution in [2.24, 2.45) is 5.92 Å². The fraction of sp³-hybridized carbons (Fsp3) is 0.667. The standard InChI is InChI=1S/C9H15N2O6P/c1-3-16-18(15,17-4-2)5-6-7(12)10-9(14)11-8(6)13/h6H,3-5H2,1-2H3,(H2,10,11,12,13,14). The van der Waals surface area contributed by atoms with E-state index >= 15 is 0 Å². The third-order valence-electron chi connectivity index (χ3n) is 2.16. The SMILES string of the molecule is CCOP(=O)(CC1C(=O)NC(=O)NC1=O)OCC. The Labute approximate surface area is 104 Å². The monoisotopic (exact) mass is 278 g/mol. The smallest absolute Gasteiger partial charge is 0.309 e. The molecular formula is C9H15N2O6P. The Morgan fingerprint density at radius 2 is 1.50 bits per heavy atom. The number of amides is 4. The summed E-state index contributed by atoms with van der Waals surface area (Å²) < 4.78 is 22.1. The molecule has 4 amide bonds. The molecule has 0 unspecified atom stereocenters. The lowest BCUT2D eigenvalue weighted by molar-refractivity contribution is -0.135. The highest BCUT2D eigenvalue weighted by atomic mass is 31.2. The Morgan fingerprint density at radius 3 is 1.89 bits per heavy atom. The van der Waals surface area contributed by atoms with Gasteiger partial charge in [-0.25, -0.2) is 4.79 Å². The lowest BCUT2D eigenvalue weighted by Crippen LogP contribution is -2.56. The average Bonchev–Trinajstić information content (AvgIpc) is 2.24. The fourth-order valence-corrected chi connectivity index (χ4v) is 3.32. The van der Waals surface area contributed by atoms with Crippen LogP contribution in [0.2, 0.25) is 0 Å². The van der Waals surface area contributed by atoms with Crippen LogP contribution in [-0.2, 0) is 23.2 Å². The van der Waals surface area contributed by atoms with Crippen molar-refractivity contribution in [1.82, 2.24) is 10.6 Å². The van der Waals surface area contributed by atoms with Gasteiger partial charge in [-0.05, 0) is 13.8 Å². The maximum absolute atomic E-state index is 12.2. The second-order valence-corrected chi connectivity index (χ2v) is 5.59. The van der Waals surface area contributed by atoms with Crippen molar-refractivity contribution in [1.29, 1.82) is 0 Å². The summed E-state index contributed by atoms with van der Waals surface area (Å²) in [7, 11) is -3.52. The van der Waals surface area contributed by atoms with Gasteiger partial charge in [0.05, 0.1) is 19.4 Å². The lowest BCUT2D eigenvalue weighted by Gasteiger charge is -2.24. The van der Waals surface area contributed by atoms with Gasteiger partial charge < -0.3 is 9.05 Å². The van der Waals surface area contributed by atoms with Gasteiger partial charge in [0.1, 0.15) is 5.92 Å². The van der Waals surface area contributed by atoms with Gasteiger partial charge in [0.15, 0.2) is 0 Å². The summed E-state index contributed by atoms with van der Waals surface area (Å²) in [6.45, 7) is 3.50. The molecule has 0 aromatic heterocycles. The summed E-state index contributed by atoms with van der Waals surface area (Å²) in [4.78, 5) is 33.8. The van der Waals surface area contributed by atoms with Gasteiger partial charge in [-0.15, -0.1) is 0 Å². The van der Waals surface area contributed by atoms with Crippen LogP contribution in [0.3, 0.4) is 0 Å². The number of rotatable bonds is 6. The summed E-state index contributed by atoms with van der Waals surface area (Å²) in [5, 5.41) is 3.85. The normalized spacial score (nSPS) is 17.6. The van der Waals surface area contributed by atoms with Crippen molar-refractivity contribution in [3.63, 3.8) is 0 Å². The maximum atomic E-state index is 12.2. The molecule has 0 aromatic carbocycles. The summed E-state index contributed by atoms with van der Waals surface area (Å²) in [5.74, 6) is -2.86. The Balaban J connectivity index is 2.80. The zero-order chi connectivity index (χ0) is 13.8. The number of hydrogen-bond acceptors (Lipinski definition) is 6. The van der Waals surface area contributed by atoms with Crippen LogP contribution < -0.4 is 10.6 Å². The molecule has 9 heteroatoms. The van der Waals surface area contributed by atoms with Crippen molar-refractivity contribution < 1.29 is 28.0 Å². The van der Waals surface area contributed by atoms with E-state index in [2.05, 4.69) is 0 Å². The Bertz CT molecular complexity index is 380. The Morgan fingerprint density at radius 1 is 1.06 bits per heavy atom.